The molecule has 2 aromatic carbocycles. The van der Waals surface area contributed by atoms with Crippen LogP contribution in [-0.2, 0) is 43.3 Å². The number of rotatable bonds is 10. The van der Waals surface area contributed by atoms with Crippen molar-refractivity contribution in [2.75, 3.05) is 36.5 Å². The highest BCUT2D eigenvalue weighted by atomic mass is 32.3. The molecule has 200 valence electrons. The lowest BCUT2D eigenvalue weighted by molar-refractivity contribution is 0.381. The first-order valence-electron chi connectivity index (χ1n) is 9.72. The average Bonchev–Trinajstić information content (AvgIpc) is 2.72. The molecular formula is C18H32N6O8S3. The van der Waals surface area contributed by atoms with Gasteiger partial charge in [0.05, 0.1) is 12.5 Å². The van der Waals surface area contributed by atoms with Crippen LogP contribution in [0.2, 0.25) is 0 Å². The van der Waals surface area contributed by atoms with Crippen molar-refractivity contribution in [2.24, 2.45) is 11.7 Å². The molecule has 0 bridgehead atoms. The molecule has 0 amide bonds. The molecule has 17 heteroatoms. The Labute approximate surface area is 206 Å². The zero-order valence-electron chi connectivity index (χ0n) is 19.2. The minimum absolute atomic E-state index is 0.411. The first-order valence-corrected chi connectivity index (χ1v) is 14.9. The highest BCUT2D eigenvalue weighted by Gasteiger charge is 2.01. The third kappa shape index (κ3) is 21.9. The molecule has 0 saturated carbocycles. The molecule has 0 aromatic heterocycles. The molecule has 0 spiro atoms. The van der Waals surface area contributed by atoms with Crippen molar-refractivity contribution in [3.63, 3.8) is 0 Å². The maximum atomic E-state index is 10.8. The highest BCUT2D eigenvalue weighted by Crippen LogP contribution is 2.08. The Balaban J connectivity index is 0.000000555. The summed E-state index contributed by atoms with van der Waals surface area (Å²) in [5.74, 6) is 10.4. The number of hydrazine groups is 2. The van der Waals surface area contributed by atoms with Gasteiger partial charge in [0, 0.05) is 24.5 Å². The molecule has 0 aliphatic rings. The molecule has 0 atom stereocenters. The second-order valence-corrected chi connectivity index (χ2v) is 11.5. The molecule has 10 N–H and O–H groups in total. The van der Waals surface area contributed by atoms with Crippen molar-refractivity contribution in [1.82, 2.24) is 9.44 Å². The van der Waals surface area contributed by atoms with E-state index in [1.165, 1.54) is 0 Å². The van der Waals surface area contributed by atoms with Crippen LogP contribution in [-0.4, -0.2) is 60.0 Å². The van der Waals surface area contributed by atoms with Crippen LogP contribution in [0.3, 0.4) is 0 Å². The summed E-state index contributed by atoms with van der Waals surface area (Å²) < 4.78 is 79.6. The van der Waals surface area contributed by atoms with E-state index in [-0.39, 0.29) is 0 Å². The van der Waals surface area contributed by atoms with Crippen LogP contribution in [0.15, 0.2) is 48.5 Å². The smallest absolute Gasteiger partial charge is 0.324 e. The summed E-state index contributed by atoms with van der Waals surface area (Å²) >= 11 is 0. The SMILES string of the molecule is CS(=O)(=O)NCCc1ccc(NN)cc1.CS(=O)(=O)NCCc1ccc(NN)cc1.O=S(=O)(O)O. The van der Waals surface area contributed by atoms with E-state index in [0.29, 0.717) is 25.9 Å². The van der Waals surface area contributed by atoms with Crippen molar-refractivity contribution in [3.05, 3.63) is 59.7 Å². The summed E-state index contributed by atoms with van der Waals surface area (Å²) in [4.78, 5) is 0. The van der Waals surface area contributed by atoms with Gasteiger partial charge in [-0.1, -0.05) is 24.3 Å². The van der Waals surface area contributed by atoms with Crippen molar-refractivity contribution in [2.45, 2.75) is 12.8 Å². The van der Waals surface area contributed by atoms with Crippen molar-refractivity contribution in [1.29, 1.82) is 0 Å². The molecule has 0 unspecified atom stereocenters. The summed E-state index contributed by atoms with van der Waals surface area (Å²) in [6, 6.07) is 15.0. The molecular weight excluding hydrogens is 524 g/mol. The van der Waals surface area contributed by atoms with E-state index in [2.05, 4.69) is 20.3 Å². The molecule has 35 heavy (non-hydrogen) atoms. The largest absolute Gasteiger partial charge is 0.394 e. The van der Waals surface area contributed by atoms with Gasteiger partial charge in [0.15, 0.2) is 0 Å². The lowest BCUT2D eigenvalue weighted by Gasteiger charge is -2.04. The first-order chi connectivity index (χ1) is 16.0. The Morgan fingerprint density at radius 1 is 0.629 bits per heavy atom. The summed E-state index contributed by atoms with van der Waals surface area (Å²) in [7, 11) is -10.8. The molecule has 0 saturated heterocycles. The quantitative estimate of drug-likeness (QED) is 0.105. The standard InChI is InChI=1S/2C9H15N3O2S.H2O4S/c2*1-15(13,14)11-7-6-8-2-4-9(12-10)5-3-8;1-5(2,3)4/h2*2-5,11-12H,6-7,10H2,1H3;(H2,1,2,3,4). The number of nitrogens with one attached hydrogen (secondary N) is 4. The van der Waals surface area contributed by atoms with Crippen LogP contribution >= 0.6 is 0 Å². The average molecular weight is 557 g/mol. The van der Waals surface area contributed by atoms with Crippen LogP contribution in [0, 0.1) is 0 Å². The lowest BCUT2D eigenvalue weighted by Crippen LogP contribution is -2.24. The Morgan fingerprint density at radius 2 is 0.886 bits per heavy atom. The molecule has 0 aliphatic heterocycles. The van der Waals surface area contributed by atoms with Gasteiger partial charge in [0.2, 0.25) is 20.0 Å². The Bertz CT molecular complexity index is 1100. The van der Waals surface area contributed by atoms with E-state index in [1.54, 1.807) is 0 Å². The van der Waals surface area contributed by atoms with E-state index >= 15 is 0 Å². The first kappa shape index (κ1) is 32.7. The van der Waals surface area contributed by atoms with Gasteiger partial charge in [-0.15, -0.1) is 0 Å². The van der Waals surface area contributed by atoms with Gasteiger partial charge in [-0.25, -0.2) is 26.3 Å². The molecule has 2 aromatic rings. The summed E-state index contributed by atoms with van der Waals surface area (Å²) in [5, 5.41) is 0. The summed E-state index contributed by atoms with van der Waals surface area (Å²) in [5.41, 5.74) is 8.82. The van der Waals surface area contributed by atoms with Gasteiger partial charge in [0.25, 0.3) is 0 Å². The fourth-order valence-corrected chi connectivity index (χ4v) is 3.24. The number of hydrogen-bond acceptors (Lipinski definition) is 10. The fraction of sp³-hybridized carbons (Fsp3) is 0.333. The van der Waals surface area contributed by atoms with E-state index in [0.717, 1.165) is 35.0 Å². The fourth-order valence-electron chi connectivity index (χ4n) is 2.30. The van der Waals surface area contributed by atoms with Crippen molar-refractivity contribution < 1.29 is 34.4 Å². The van der Waals surface area contributed by atoms with Gasteiger partial charge < -0.3 is 10.9 Å². The third-order valence-electron chi connectivity index (χ3n) is 3.80. The zero-order chi connectivity index (χ0) is 27.1. The zero-order valence-corrected chi connectivity index (χ0v) is 21.6. The summed E-state index contributed by atoms with van der Waals surface area (Å²) in [6.45, 7) is 0.822. The third-order valence-corrected chi connectivity index (χ3v) is 5.25. The molecule has 2 rings (SSSR count). The van der Waals surface area contributed by atoms with E-state index in [9.17, 15) is 16.8 Å². The molecule has 0 fully saturated rings. The number of sulfonamides is 2. The number of hydrogen-bond donors (Lipinski definition) is 8. The number of benzene rings is 2. The van der Waals surface area contributed by atoms with Crippen LogP contribution < -0.4 is 32.0 Å². The molecule has 0 radical (unpaired) electrons. The molecule has 14 nitrogen and oxygen atoms in total. The minimum atomic E-state index is -4.67. The number of nitrogens with two attached hydrogens (primary N) is 2. The van der Waals surface area contributed by atoms with Gasteiger partial charge >= 0.3 is 10.4 Å². The predicted molar refractivity (Wildman–Crippen MR) is 136 cm³/mol. The second kappa shape index (κ2) is 15.6. The van der Waals surface area contributed by atoms with E-state index < -0.39 is 30.4 Å². The maximum absolute atomic E-state index is 10.8. The van der Waals surface area contributed by atoms with Crippen LogP contribution in [0.1, 0.15) is 11.1 Å². The Morgan fingerprint density at radius 3 is 1.09 bits per heavy atom. The van der Waals surface area contributed by atoms with Crippen LogP contribution in [0.25, 0.3) is 0 Å². The Kier molecular flexibility index (Phi) is 14.6. The highest BCUT2D eigenvalue weighted by molar-refractivity contribution is 7.89. The van der Waals surface area contributed by atoms with Gasteiger partial charge in [-0.2, -0.15) is 8.42 Å². The minimum Gasteiger partial charge on any atom is -0.324 e. The summed E-state index contributed by atoms with van der Waals surface area (Å²) in [6.07, 6.45) is 3.62. The van der Waals surface area contributed by atoms with E-state index in [4.69, 9.17) is 29.2 Å². The molecule has 0 heterocycles. The monoisotopic (exact) mass is 556 g/mol. The predicted octanol–water partition coefficient (Wildman–Crippen LogP) is -0.525. The molecule has 0 aliphatic carbocycles. The number of nitrogen functional groups attached to an aromatic ring is 2. The maximum Gasteiger partial charge on any atom is 0.394 e. The topological polar surface area (TPSA) is 243 Å². The van der Waals surface area contributed by atoms with Crippen LogP contribution in [0.4, 0.5) is 11.4 Å². The number of anilines is 2. The Hall–Kier alpha value is -2.35. The van der Waals surface area contributed by atoms with Crippen LogP contribution in [0.5, 0.6) is 0 Å². The lowest BCUT2D eigenvalue weighted by atomic mass is 10.1. The second-order valence-electron chi connectivity index (χ2n) is 6.96. The normalized spacial score (nSPS) is 11.4. The van der Waals surface area contributed by atoms with Gasteiger partial charge in [-0.3, -0.25) is 20.8 Å². The van der Waals surface area contributed by atoms with Gasteiger partial charge in [0.1, 0.15) is 0 Å². The van der Waals surface area contributed by atoms with E-state index in [1.807, 2.05) is 48.5 Å². The van der Waals surface area contributed by atoms with Crippen molar-refractivity contribution in [3.8, 4) is 0 Å². The van der Waals surface area contributed by atoms with Gasteiger partial charge in [-0.05, 0) is 48.2 Å². The van der Waals surface area contributed by atoms with Crippen molar-refractivity contribution >= 4 is 41.8 Å².